The van der Waals surface area contributed by atoms with Crippen LogP contribution in [0, 0.1) is 5.92 Å². The molecule has 3 aliphatic heterocycles. The molecule has 0 aliphatic carbocycles. The van der Waals surface area contributed by atoms with Crippen LogP contribution in [0.5, 0.6) is 5.75 Å². The summed E-state index contributed by atoms with van der Waals surface area (Å²) in [7, 11) is 0. The van der Waals surface area contributed by atoms with Crippen molar-refractivity contribution in [3.05, 3.63) is 65.7 Å². The van der Waals surface area contributed by atoms with E-state index in [1.807, 2.05) is 47.4 Å². The molecule has 2 aromatic rings. The van der Waals surface area contributed by atoms with E-state index in [2.05, 4.69) is 27.7 Å². The highest BCUT2D eigenvalue weighted by Gasteiger charge is 2.55. The maximum absolute atomic E-state index is 13.8. The van der Waals surface area contributed by atoms with E-state index in [0.29, 0.717) is 18.7 Å². The maximum atomic E-state index is 13.8. The largest absolute Gasteiger partial charge is 0.492 e. The zero-order valence-electron chi connectivity index (χ0n) is 20.5. The van der Waals surface area contributed by atoms with Gasteiger partial charge in [0.1, 0.15) is 12.4 Å². The topological polar surface area (TPSA) is 73.9 Å². The van der Waals surface area contributed by atoms with E-state index in [0.717, 1.165) is 50.5 Å². The number of nitrogens with zero attached hydrogens (tertiary/aromatic N) is 2. The van der Waals surface area contributed by atoms with Crippen LogP contribution in [0.1, 0.15) is 48.1 Å². The van der Waals surface area contributed by atoms with Crippen molar-refractivity contribution < 1.29 is 14.3 Å². The normalized spacial score (nSPS) is 26.4. The van der Waals surface area contributed by atoms with Gasteiger partial charge in [0.05, 0.1) is 11.6 Å². The summed E-state index contributed by atoms with van der Waals surface area (Å²) in [6.45, 7) is 7.57. The summed E-state index contributed by atoms with van der Waals surface area (Å²) >= 11 is 0. The zero-order chi connectivity index (χ0) is 24.3. The third-order valence-corrected chi connectivity index (χ3v) is 7.79. The lowest BCUT2D eigenvalue weighted by Crippen LogP contribution is -2.60. The second kappa shape index (κ2) is 10.4. The molecule has 3 atom stereocenters. The van der Waals surface area contributed by atoms with E-state index in [-0.39, 0.29) is 23.8 Å². The molecule has 3 fully saturated rings. The highest BCUT2D eigenvalue weighted by atomic mass is 16.5. The van der Waals surface area contributed by atoms with Gasteiger partial charge in [-0.05, 0) is 68.7 Å². The van der Waals surface area contributed by atoms with Crippen LogP contribution in [0.25, 0.3) is 0 Å². The van der Waals surface area contributed by atoms with Crippen LogP contribution in [-0.2, 0) is 4.79 Å². The minimum absolute atomic E-state index is 0.0124. The molecule has 3 aliphatic rings. The fourth-order valence-electron chi connectivity index (χ4n) is 6.14. The molecular formula is C28H36N4O3. The first-order valence-electron chi connectivity index (χ1n) is 12.9. The molecule has 7 nitrogen and oxygen atoms in total. The average molecular weight is 477 g/mol. The summed E-state index contributed by atoms with van der Waals surface area (Å²) in [5.74, 6) is 0.823. The summed E-state index contributed by atoms with van der Waals surface area (Å²) in [6, 6.07) is 17.6. The first kappa shape index (κ1) is 23.8. The molecule has 0 spiro atoms. The second-order valence-electron chi connectivity index (χ2n) is 10.1. The number of piperidine rings is 1. The Bertz CT molecular complexity index is 1020. The predicted molar refractivity (Wildman–Crippen MR) is 135 cm³/mol. The van der Waals surface area contributed by atoms with Crippen molar-refractivity contribution in [2.75, 3.05) is 45.9 Å². The molecule has 0 aromatic heterocycles. The molecule has 3 heterocycles. The Labute approximate surface area is 207 Å². The third kappa shape index (κ3) is 5.07. The molecule has 2 amide bonds. The van der Waals surface area contributed by atoms with Gasteiger partial charge in [0.15, 0.2) is 0 Å². The van der Waals surface area contributed by atoms with Crippen LogP contribution in [0.3, 0.4) is 0 Å². The summed E-state index contributed by atoms with van der Waals surface area (Å²) in [5.41, 5.74) is 1.32. The van der Waals surface area contributed by atoms with Gasteiger partial charge in [0.2, 0.25) is 5.91 Å². The van der Waals surface area contributed by atoms with Crippen molar-refractivity contribution in [1.82, 2.24) is 20.4 Å². The highest BCUT2D eigenvalue weighted by molar-refractivity contribution is 5.95. The van der Waals surface area contributed by atoms with Gasteiger partial charge in [-0.3, -0.25) is 14.5 Å². The molecule has 5 rings (SSSR count). The van der Waals surface area contributed by atoms with Gasteiger partial charge < -0.3 is 20.3 Å². The summed E-state index contributed by atoms with van der Waals surface area (Å²) in [5, 5.41) is 6.74. The van der Waals surface area contributed by atoms with Crippen molar-refractivity contribution in [2.24, 2.45) is 5.92 Å². The number of hydrogen-bond acceptors (Lipinski definition) is 5. The van der Waals surface area contributed by atoms with E-state index < -0.39 is 5.54 Å². The minimum atomic E-state index is -0.425. The van der Waals surface area contributed by atoms with Crippen molar-refractivity contribution in [3.63, 3.8) is 0 Å². The molecular weight excluding hydrogens is 440 g/mol. The van der Waals surface area contributed by atoms with Crippen molar-refractivity contribution in [3.8, 4) is 5.75 Å². The molecule has 2 aromatic carbocycles. The number of carbonyl (C=O) groups excluding carboxylic acids is 2. The van der Waals surface area contributed by atoms with Crippen molar-refractivity contribution in [2.45, 2.75) is 37.8 Å². The fraction of sp³-hybridized carbons (Fsp3) is 0.500. The lowest BCUT2D eigenvalue weighted by atomic mass is 9.76. The zero-order valence-corrected chi connectivity index (χ0v) is 20.5. The predicted octanol–water partition coefficient (Wildman–Crippen LogP) is 2.84. The van der Waals surface area contributed by atoms with Crippen molar-refractivity contribution >= 4 is 11.8 Å². The Balaban J connectivity index is 1.35. The van der Waals surface area contributed by atoms with Crippen LogP contribution >= 0.6 is 0 Å². The van der Waals surface area contributed by atoms with Crippen molar-refractivity contribution in [1.29, 1.82) is 0 Å². The SMILES string of the molecule is CC(=O)N[C@@]12CCNC[C@@H]1[C@@H](c1ccccc1)N(C(=O)c1ccc(OCCN3CCCC3)cc1)C2. The Hall–Kier alpha value is -2.90. The maximum Gasteiger partial charge on any atom is 0.254 e. The number of nitrogens with one attached hydrogen (secondary N) is 2. The number of carbonyl (C=O) groups is 2. The lowest BCUT2D eigenvalue weighted by molar-refractivity contribution is -0.121. The molecule has 35 heavy (non-hydrogen) atoms. The number of ether oxygens (including phenoxy) is 1. The standard InChI is InChI=1S/C28H36N4O3/c1-21(33)30-28-13-14-29-19-25(28)26(22-7-3-2-4-8-22)32(20-28)27(34)23-9-11-24(12-10-23)35-18-17-31-15-5-6-16-31/h2-4,7-12,25-26,29H,5-6,13-20H2,1H3,(H,30,33)/t25-,26-,28-/m1/s1. The number of likely N-dealkylation sites (tertiary alicyclic amines) is 2. The number of amides is 2. The quantitative estimate of drug-likeness (QED) is 0.643. The average Bonchev–Trinajstić information content (AvgIpc) is 3.50. The Morgan fingerprint density at radius 2 is 1.83 bits per heavy atom. The summed E-state index contributed by atoms with van der Waals surface area (Å²) in [4.78, 5) is 30.4. The Kier molecular flexibility index (Phi) is 7.07. The van der Waals surface area contributed by atoms with Crippen LogP contribution in [0.15, 0.2) is 54.6 Å². The number of fused-ring (bicyclic) bond motifs is 1. The molecule has 186 valence electrons. The minimum Gasteiger partial charge on any atom is -0.492 e. The van der Waals surface area contributed by atoms with Gasteiger partial charge in [0, 0.05) is 38.0 Å². The molecule has 0 bridgehead atoms. The van der Waals surface area contributed by atoms with E-state index >= 15 is 0 Å². The van der Waals surface area contributed by atoms with Gasteiger partial charge in [-0.2, -0.15) is 0 Å². The van der Waals surface area contributed by atoms with E-state index in [1.165, 1.54) is 12.8 Å². The number of hydrogen-bond donors (Lipinski definition) is 2. The smallest absolute Gasteiger partial charge is 0.254 e. The van der Waals surface area contributed by atoms with E-state index in [4.69, 9.17) is 4.74 Å². The van der Waals surface area contributed by atoms with E-state index in [1.54, 1.807) is 6.92 Å². The molecule has 3 saturated heterocycles. The third-order valence-electron chi connectivity index (χ3n) is 7.79. The lowest BCUT2D eigenvalue weighted by Gasteiger charge is -2.40. The van der Waals surface area contributed by atoms with Gasteiger partial charge >= 0.3 is 0 Å². The fourth-order valence-corrected chi connectivity index (χ4v) is 6.14. The molecule has 0 radical (unpaired) electrons. The van der Waals surface area contributed by atoms with Crippen LogP contribution < -0.4 is 15.4 Å². The second-order valence-corrected chi connectivity index (χ2v) is 10.1. The van der Waals surface area contributed by atoms with Gasteiger partial charge in [0.25, 0.3) is 5.91 Å². The van der Waals surface area contributed by atoms with Crippen LogP contribution in [-0.4, -0.2) is 73.0 Å². The van der Waals surface area contributed by atoms with Gasteiger partial charge in [-0.15, -0.1) is 0 Å². The number of benzene rings is 2. The first-order chi connectivity index (χ1) is 17.1. The van der Waals surface area contributed by atoms with Gasteiger partial charge in [-0.1, -0.05) is 30.3 Å². The Morgan fingerprint density at radius 1 is 1.09 bits per heavy atom. The monoisotopic (exact) mass is 476 g/mol. The summed E-state index contributed by atoms with van der Waals surface area (Å²) in [6.07, 6.45) is 3.35. The van der Waals surface area contributed by atoms with Gasteiger partial charge in [-0.25, -0.2) is 0 Å². The molecule has 7 heteroatoms. The molecule has 0 unspecified atom stereocenters. The molecule has 2 N–H and O–H groups in total. The highest BCUT2D eigenvalue weighted by Crippen LogP contribution is 2.46. The first-order valence-corrected chi connectivity index (χ1v) is 12.9. The van der Waals surface area contributed by atoms with Crippen LogP contribution in [0.4, 0.5) is 0 Å². The summed E-state index contributed by atoms with van der Waals surface area (Å²) < 4.78 is 5.93. The van der Waals surface area contributed by atoms with Crippen LogP contribution in [0.2, 0.25) is 0 Å². The van der Waals surface area contributed by atoms with E-state index in [9.17, 15) is 9.59 Å². The Morgan fingerprint density at radius 3 is 2.54 bits per heavy atom. The molecule has 0 saturated carbocycles. The number of rotatable bonds is 7.